The summed E-state index contributed by atoms with van der Waals surface area (Å²) in [6, 6.07) is 4.41. The van der Waals surface area contributed by atoms with E-state index < -0.39 is 33.4 Å². The summed E-state index contributed by atoms with van der Waals surface area (Å²) in [5.41, 5.74) is 0.556. The summed E-state index contributed by atoms with van der Waals surface area (Å²) in [6.45, 7) is 5.43. The number of carboxylic acids is 1. The molecule has 1 aromatic rings. The molecule has 2 atom stereocenters. The van der Waals surface area contributed by atoms with Gasteiger partial charge in [-0.1, -0.05) is 6.07 Å². The van der Waals surface area contributed by atoms with Gasteiger partial charge in [0.1, 0.15) is 10.6 Å². The van der Waals surface area contributed by atoms with Crippen molar-refractivity contribution in [2.24, 2.45) is 0 Å². The molecule has 0 heterocycles. The molecular formula is C15H20FNO3S. The Labute approximate surface area is 127 Å². The van der Waals surface area contributed by atoms with Gasteiger partial charge in [-0.15, -0.1) is 4.72 Å². The lowest BCUT2D eigenvalue weighted by molar-refractivity contribution is -0.138. The van der Waals surface area contributed by atoms with E-state index in [4.69, 9.17) is 0 Å². The second-order valence-electron chi connectivity index (χ2n) is 6.44. The topological polar surface area (TPSA) is 72.4 Å². The molecule has 4 nitrogen and oxygen atoms in total. The molecule has 1 aromatic carbocycles. The monoisotopic (exact) mass is 313 g/mol. The van der Waals surface area contributed by atoms with Crippen molar-refractivity contribution in [3.63, 3.8) is 0 Å². The number of carbonyl (C=O) groups is 1. The van der Waals surface area contributed by atoms with E-state index in [9.17, 15) is 18.8 Å². The van der Waals surface area contributed by atoms with Crippen molar-refractivity contribution < 1.29 is 18.8 Å². The average molecular weight is 313 g/mol. The number of halogens is 1. The predicted octanol–water partition coefficient (Wildman–Crippen LogP) is 2.49. The molecule has 1 unspecified atom stereocenters. The van der Waals surface area contributed by atoms with Gasteiger partial charge in [-0.3, -0.25) is 4.79 Å². The summed E-state index contributed by atoms with van der Waals surface area (Å²) >= 11 is -1.43. The fourth-order valence-electron chi connectivity index (χ4n) is 2.61. The lowest BCUT2D eigenvalue weighted by Gasteiger charge is -2.34. The quantitative estimate of drug-likeness (QED) is 0.838. The van der Waals surface area contributed by atoms with Gasteiger partial charge in [-0.2, -0.15) is 0 Å². The summed E-state index contributed by atoms with van der Waals surface area (Å²) < 4.78 is 28.4. The first-order valence-electron chi connectivity index (χ1n) is 6.84. The Hall–Kier alpha value is -1.11. The normalized spacial score (nSPS) is 22.9. The van der Waals surface area contributed by atoms with Gasteiger partial charge in [-0.05, 0) is 56.9 Å². The lowest BCUT2D eigenvalue weighted by Crippen LogP contribution is -2.51. The smallest absolute Gasteiger partial charge is 0.305 e. The van der Waals surface area contributed by atoms with Gasteiger partial charge in [0, 0.05) is 11.4 Å². The van der Waals surface area contributed by atoms with E-state index in [-0.39, 0.29) is 6.42 Å². The second kappa shape index (κ2) is 5.59. The van der Waals surface area contributed by atoms with Crippen molar-refractivity contribution in [3.8, 4) is 0 Å². The second-order valence-corrected chi connectivity index (χ2v) is 8.40. The van der Waals surface area contributed by atoms with Gasteiger partial charge in [0.2, 0.25) is 0 Å². The molecule has 0 aromatic heterocycles. The van der Waals surface area contributed by atoms with Crippen LogP contribution in [0, 0.1) is 5.82 Å². The Morgan fingerprint density at radius 1 is 1.52 bits per heavy atom. The van der Waals surface area contributed by atoms with Crippen LogP contribution in [0.1, 0.15) is 44.7 Å². The van der Waals surface area contributed by atoms with Gasteiger partial charge in [0.25, 0.3) is 0 Å². The number of hydrogen-bond acceptors (Lipinski definition) is 3. The number of hydrogen-bond donors (Lipinski definition) is 2. The van der Waals surface area contributed by atoms with Gasteiger partial charge in [0.15, 0.2) is 0 Å². The number of rotatable bonds is 4. The number of aliphatic carboxylic acids is 1. The van der Waals surface area contributed by atoms with Crippen LogP contribution < -0.4 is 4.72 Å². The van der Waals surface area contributed by atoms with E-state index in [1.807, 2.05) is 20.8 Å². The molecule has 0 spiro atoms. The number of benzene rings is 1. The van der Waals surface area contributed by atoms with E-state index in [1.54, 1.807) is 6.07 Å². The SMILES string of the molecule is CC(C)(C)[S+]([O-])N[C@@]1(CC(=O)O)CCc2ccc(F)cc21. The highest BCUT2D eigenvalue weighted by Gasteiger charge is 2.46. The van der Waals surface area contributed by atoms with Gasteiger partial charge in [-0.25, -0.2) is 4.39 Å². The van der Waals surface area contributed by atoms with Crippen LogP contribution in [0.5, 0.6) is 0 Å². The summed E-state index contributed by atoms with van der Waals surface area (Å²) in [6.07, 6.45) is 0.933. The standard InChI is InChI=1S/C15H20FNO3S/c1-14(2,3)21(20)17-15(9-13(18)19)7-6-10-4-5-11(16)8-12(10)15/h4-5,8,17H,6-7,9H2,1-3H3,(H,18,19)/t15-,21?/m1/s1. The largest absolute Gasteiger partial charge is 0.598 e. The third kappa shape index (κ3) is 3.39. The van der Waals surface area contributed by atoms with E-state index in [0.29, 0.717) is 18.4 Å². The minimum Gasteiger partial charge on any atom is -0.598 e. The number of aryl methyl sites for hydroxylation is 1. The molecule has 2 rings (SSSR count). The molecular weight excluding hydrogens is 293 g/mol. The molecule has 0 radical (unpaired) electrons. The minimum absolute atomic E-state index is 0.217. The fraction of sp³-hybridized carbons (Fsp3) is 0.533. The third-order valence-corrected chi connectivity index (χ3v) is 5.39. The average Bonchev–Trinajstić information content (AvgIpc) is 2.66. The Bertz CT molecular complexity index is 558. The van der Waals surface area contributed by atoms with E-state index in [2.05, 4.69) is 4.72 Å². The zero-order valence-corrected chi connectivity index (χ0v) is 13.2. The van der Waals surface area contributed by atoms with E-state index in [0.717, 1.165) is 5.56 Å². The number of nitrogens with one attached hydrogen (secondary N) is 1. The highest BCUT2D eigenvalue weighted by molar-refractivity contribution is 7.90. The summed E-state index contributed by atoms with van der Waals surface area (Å²) in [7, 11) is 0. The van der Waals surface area contributed by atoms with Crippen LogP contribution in [0.4, 0.5) is 4.39 Å². The van der Waals surface area contributed by atoms with Crippen LogP contribution >= 0.6 is 0 Å². The minimum atomic E-state index is -1.43. The lowest BCUT2D eigenvalue weighted by atomic mass is 9.89. The predicted molar refractivity (Wildman–Crippen MR) is 79.7 cm³/mol. The molecule has 0 saturated heterocycles. The van der Waals surface area contributed by atoms with Gasteiger partial charge >= 0.3 is 5.97 Å². The van der Waals surface area contributed by atoms with Crippen molar-refractivity contribution in [1.82, 2.24) is 4.72 Å². The van der Waals surface area contributed by atoms with Gasteiger partial charge in [0.05, 0.1) is 12.0 Å². The Kier molecular flexibility index (Phi) is 4.33. The molecule has 0 fully saturated rings. The molecule has 2 N–H and O–H groups in total. The van der Waals surface area contributed by atoms with Crippen LogP contribution in [-0.2, 0) is 28.1 Å². The van der Waals surface area contributed by atoms with Crippen molar-refractivity contribution in [3.05, 3.63) is 35.1 Å². The maximum absolute atomic E-state index is 13.6. The van der Waals surface area contributed by atoms with Crippen molar-refractivity contribution >= 4 is 17.3 Å². The molecule has 6 heteroatoms. The highest BCUT2D eigenvalue weighted by atomic mass is 32.2. The van der Waals surface area contributed by atoms with Crippen molar-refractivity contribution in [1.29, 1.82) is 0 Å². The Balaban J connectivity index is 2.42. The van der Waals surface area contributed by atoms with E-state index in [1.165, 1.54) is 12.1 Å². The molecule has 1 aliphatic rings. The van der Waals surface area contributed by atoms with Crippen molar-refractivity contribution in [2.45, 2.75) is 50.3 Å². The van der Waals surface area contributed by atoms with Gasteiger partial charge < -0.3 is 9.66 Å². The zero-order chi connectivity index (χ0) is 15.8. The van der Waals surface area contributed by atoms with Crippen LogP contribution in [-0.4, -0.2) is 20.4 Å². The maximum Gasteiger partial charge on any atom is 0.305 e. The first kappa shape index (κ1) is 16.3. The Morgan fingerprint density at radius 2 is 2.19 bits per heavy atom. The summed E-state index contributed by atoms with van der Waals surface area (Å²) in [5.74, 6) is -1.40. The molecule has 116 valence electrons. The van der Waals surface area contributed by atoms with E-state index >= 15 is 0 Å². The van der Waals surface area contributed by atoms with Crippen molar-refractivity contribution in [2.75, 3.05) is 0 Å². The molecule has 1 aliphatic carbocycles. The van der Waals surface area contributed by atoms with Crippen LogP contribution in [0.25, 0.3) is 0 Å². The molecule has 0 amide bonds. The molecule has 0 aliphatic heterocycles. The molecule has 0 saturated carbocycles. The summed E-state index contributed by atoms with van der Waals surface area (Å²) in [5, 5.41) is 9.22. The molecule has 21 heavy (non-hydrogen) atoms. The third-order valence-electron chi connectivity index (χ3n) is 3.71. The van der Waals surface area contributed by atoms with Crippen LogP contribution in [0.2, 0.25) is 0 Å². The number of fused-ring (bicyclic) bond motifs is 1. The van der Waals surface area contributed by atoms with Crippen LogP contribution in [0.3, 0.4) is 0 Å². The molecule has 0 bridgehead atoms. The number of carboxylic acid groups (broad SMARTS) is 1. The fourth-order valence-corrected chi connectivity index (χ4v) is 3.55. The summed E-state index contributed by atoms with van der Waals surface area (Å²) in [4.78, 5) is 11.3. The first-order chi connectivity index (χ1) is 9.64. The maximum atomic E-state index is 13.6. The Morgan fingerprint density at radius 3 is 2.76 bits per heavy atom. The zero-order valence-electron chi connectivity index (χ0n) is 12.4. The first-order valence-corrected chi connectivity index (χ1v) is 7.99. The highest BCUT2D eigenvalue weighted by Crippen LogP contribution is 2.41. The van der Waals surface area contributed by atoms with Crippen LogP contribution in [0.15, 0.2) is 18.2 Å².